The highest BCUT2D eigenvalue weighted by molar-refractivity contribution is 7.98. The van der Waals surface area contributed by atoms with Crippen molar-refractivity contribution < 1.29 is 19.0 Å². The Kier molecular flexibility index (Phi) is 6.02. The van der Waals surface area contributed by atoms with Crippen molar-refractivity contribution >= 4 is 29.3 Å². The van der Waals surface area contributed by atoms with Gasteiger partial charge in [0.1, 0.15) is 6.04 Å². The first kappa shape index (κ1) is 16.3. The van der Waals surface area contributed by atoms with Crippen molar-refractivity contribution in [3.63, 3.8) is 0 Å². The number of thioether (sulfide) groups is 1. The van der Waals surface area contributed by atoms with Gasteiger partial charge in [0, 0.05) is 5.75 Å². The Morgan fingerprint density at radius 1 is 1.52 bits per heavy atom. The number of carbonyl (C=O) groups is 1. The van der Waals surface area contributed by atoms with E-state index in [1.807, 2.05) is 12.1 Å². The molecule has 1 aromatic carbocycles. The molecule has 1 aromatic rings. The van der Waals surface area contributed by atoms with Crippen molar-refractivity contribution in [1.82, 2.24) is 0 Å². The van der Waals surface area contributed by atoms with Crippen molar-refractivity contribution in [1.29, 1.82) is 0 Å². The number of benzene rings is 1. The maximum absolute atomic E-state index is 11.4. The van der Waals surface area contributed by atoms with E-state index in [9.17, 15) is 4.79 Å². The van der Waals surface area contributed by atoms with Crippen molar-refractivity contribution in [2.75, 3.05) is 19.2 Å². The van der Waals surface area contributed by atoms with Crippen LogP contribution in [0.15, 0.2) is 12.1 Å². The van der Waals surface area contributed by atoms with Gasteiger partial charge in [0.15, 0.2) is 11.5 Å². The number of rotatable bonds is 7. The van der Waals surface area contributed by atoms with Gasteiger partial charge in [-0.25, -0.2) is 0 Å². The summed E-state index contributed by atoms with van der Waals surface area (Å²) in [5.74, 6) is 2.48. The molecular formula is C14H18ClNO4S. The fourth-order valence-corrected chi connectivity index (χ4v) is 3.13. The lowest BCUT2D eigenvalue weighted by Crippen LogP contribution is -2.32. The van der Waals surface area contributed by atoms with Crippen LogP contribution in [0.25, 0.3) is 0 Å². The van der Waals surface area contributed by atoms with Crippen molar-refractivity contribution in [2.24, 2.45) is 5.73 Å². The minimum Gasteiger partial charge on any atom is -0.465 e. The smallest absolute Gasteiger partial charge is 0.322 e. The van der Waals surface area contributed by atoms with Crippen LogP contribution in [0, 0.1) is 0 Å². The maximum atomic E-state index is 11.4. The molecule has 5 nitrogen and oxygen atoms in total. The molecule has 21 heavy (non-hydrogen) atoms. The molecule has 0 aromatic heterocycles. The summed E-state index contributed by atoms with van der Waals surface area (Å²) in [5, 5.41) is 0.559. The average molecular weight is 332 g/mol. The molecule has 2 rings (SSSR count). The highest BCUT2D eigenvalue weighted by atomic mass is 35.5. The lowest BCUT2D eigenvalue weighted by molar-refractivity contribution is -0.144. The number of halogens is 1. The van der Waals surface area contributed by atoms with Crippen LogP contribution in [0.2, 0.25) is 5.02 Å². The molecule has 116 valence electrons. The largest absolute Gasteiger partial charge is 0.465 e. The van der Waals surface area contributed by atoms with Gasteiger partial charge in [0.05, 0.1) is 11.6 Å². The van der Waals surface area contributed by atoms with Gasteiger partial charge in [-0.3, -0.25) is 4.79 Å². The Bertz CT molecular complexity index is 512. The summed E-state index contributed by atoms with van der Waals surface area (Å²) >= 11 is 7.80. The number of ether oxygens (including phenoxy) is 3. The number of fused-ring (bicyclic) bond motifs is 1. The highest BCUT2D eigenvalue weighted by Crippen LogP contribution is 2.40. The number of nitrogens with two attached hydrogens (primary N) is 1. The van der Waals surface area contributed by atoms with Gasteiger partial charge in [-0.2, -0.15) is 11.8 Å². The Morgan fingerprint density at radius 3 is 3.10 bits per heavy atom. The molecule has 0 saturated heterocycles. The molecule has 1 aliphatic heterocycles. The topological polar surface area (TPSA) is 70.8 Å². The van der Waals surface area contributed by atoms with Crippen LogP contribution in [0.1, 0.15) is 18.9 Å². The minimum atomic E-state index is -0.558. The van der Waals surface area contributed by atoms with Crippen LogP contribution in [-0.4, -0.2) is 31.2 Å². The summed E-state index contributed by atoms with van der Waals surface area (Å²) in [5.41, 5.74) is 6.79. The summed E-state index contributed by atoms with van der Waals surface area (Å²) in [6.45, 7) is 2.33. The minimum absolute atomic E-state index is 0.208. The van der Waals surface area contributed by atoms with E-state index in [4.69, 9.17) is 31.5 Å². The molecule has 0 bridgehead atoms. The molecule has 0 radical (unpaired) electrons. The normalized spacial score (nSPS) is 14.0. The van der Waals surface area contributed by atoms with Gasteiger partial charge in [-0.15, -0.1) is 0 Å². The lowest BCUT2D eigenvalue weighted by Gasteiger charge is -2.10. The van der Waals surface area contributed by atoms with Crippen molar-refractivity contribution in [3.05, 3.63) is 22.7 Å². The third kappa shape index (κ3) is 4.43. The summed E-state index contributed by atoms with van der Waals surface area (Å²) < 4.78 is 15.5. The van der Waals surface area contributed by atoms with Gasteiger partial charge in [0.25, 0.3) is 0 Å². The first-order valence-electron chi connectivity index (χ1n) is 6.69. The fraction of sp³-hybridized carbons (Fsp3) is 0.500. The Balaban J connectivity index is 1.77. The predicted molar refractivity (Wildman–Crippen MR) is 83.0 cm³/mol. The first-order valence-corrected chi connectivity index (χ1v) is 8.23. The third-order valence-electron chi connectivity index (χ3n) is 2.92. The number of carbonyl (C=O) groups excluding carboxylic acids is 1. The molecule has 0 saturated carbocycles. The van der Waals surface area contributed by atoms with E-state index in [0.717, 1.165) is 17.1 Å². The zero-order valence-electron chi connectivity index (χ0n) is 11.8. The second-order valence-electron chi connectivity index (χ2n) is 4.51. The van der Waals surface area contributed by atoms with Gasteiger partial charge >= 0.3 is 5.97 Å². The second kappa shape index (κ2) is 7.77. The molecule has 0 amide bonds. The Morgan fingerprint density at radius 2 is 2.33 bits per heavy atom. The van der Waals surface area contributed by atoms with E-state index in [1.54, 1.807) is 18.7 Å². The summed E-state index contributed by atoms with van der Waals surface area (Å²) in [4.78, 5) is 11.4. The summed E-state index contributed by atoms with van der Waals surface area (Å²) in [6, 6.07) is 3.23. The highest BCUT2D eigenvalue weighted by Gasteiger charge is 2.18. The Hall–Kier alpha value is -1.11. The quantitative estimate of drug-likeness (QED) is 0.611. The molecule has 0 fully saturated rings. The van der Waals surface area contributed by atoms with E-state index in [2.05, 4.69) is 0 Å². The van der Waals surface area contributed by atoms with Gasteiger partial charge in [0.2, 0.25) is 6.79 Å². The van der Waals surface area contributed by atoms with Crippen molar-refractivity contribution in [2.45, 2.75) is 25.1 Å². The summed E-state index contributed by atoms with van der Waals surface area (Å²) in [6.07, 6.45) is 0.585. The van der Waals surface area contributed by atoms with E-state index in [0.29, 0.717) is 29.5 Å². The molecular weight excluding hydrogens is 314 g/mol. The van der Waals surface area contributed by atoms with Crippen LogP contribution in [0.3, 0.4) is 0 Å². The summed E-state index contributed by atoms with van der Waals surface area (Å²) in [7, 11) is 0. The number of hydrogen-bond acceptors (Lipinski definition) is 6. The van der Waals surface area contributed by atoms with Crippen LogP contribution in [-0.2, 0) is 15.3 Å². The average Bonchev–Trinajstić information content (AvgIpc) is 2.92. The van der Waals surface area contributed by atoms with E-state index in [-0.39, 0.29) is 12.8 Å². The van der Waals surface area contributed by atoms with Crippen molar-refractivity contribution in [3.8, 4) is 11.5 Å². The molecule has 1 heterocycles. The molecule has 1 unspecified atom stereocenters. The first-order chi connectivity index (χ1) is 10.1. The standard InChI is InChI=1S/C14H18ClNO4S/c1-2-18-14(17)11(16)3-4-21-7-9-5-10(15)13-12(6-9)19-8-20-13/h5-6,11H,2-4,7-8,16H2,1H3. The van der Waals surface area contributed by atoms with Gasteiger partial charge in [-0.1, -0.05) is 11.6 Å². The van der Waals surface area contributed by atoms with E-state index < -0.39 is 6.04 Å². The third-order valence-corrected chi connectivity index (χ3v) is 4.26. The molecule has 2 N–H and O–H groups in total. The van der Waals surface area contributed by atoms with Crippen LogP contribution < -0.4 is 15.2 Å². The maximum Gasteiger partial charge on any atom is 0.322 e. The molecule has 7 heteroatoms. The Labute approximate surface area is 133 Å². The number of esters is 1. The molecule has 1 aliphatic rings. The van der Waals surface area contributed by atoms with E-state index >= 15 is 0 Å². The zero-order valence-corrected chi connectivity index (χ0v) is 13.3. The molecule has 0 aliphatic carbocycles. The van der Waals surface area contributed by atoms with Crippen LogP contribution in [0.5, 0.6) is 11.5 Å². The van der Waals surface area contributed by atoms with Gasteiger partial charge < -0.3 is 19.9 Å². The SMILES string of the molecule is CCOC(=O)C(N)CCSCc1cc(Cl)c2c(c1)OCO2. The van der Waals surface area contributed by atoms with E-state index in [1.165, 1.54) is 0 Å². The molecule has 1 atom stereocenters. The monoisotopic (exact) mass is 331 g/mol. The number of hydrogen-bond donors (Lipinski definition) is 1. The second-order valence-corrected chi connectivity index (χ2v) is 6.02. The predicted octanol–water partition coefficient (Wildman–Crippen LogP) is 2.58. The van der Waals surface area contributed by atoms with Crippen LogP contribution in [0.4, 0.5) is 0 Å². The fourth-order valence-electron chi connectivity index (χ4n) is 1.87. The van der Waals surface area contributed by atoms with Crippen LogP contribution >= 0.6 is 23.4 Å². The molecule has 0 spiro atoms. The zero-order chi connectivity index (χ0) is 15.2. The lowest BCUT2D eigenvalue weighted by atomic mass is 10.2. The van der Waals surface area contributed by atoms with Gasteiger partial charge in [-0.05, 0) is 36.8 Å².